The number of anilines is 1. The first kappa shape index (κ1) is 65.4. The van der Waals surface area contributed by atoms with Gasteiger partial charge in [-0.15, -0.1) is 20.4 Å². The van der Waals surface area contributed by atoms with Gasteiger partial charge >= 0.3 is 23.9 Å². The van der Waals surface area contributed by atoms with Gasteiger partial charge in [-0.25, -0.2) is 24.2 Å². The number of H-pyrrole nitrogens is 1. The maximum absolute atomic E-state index is 12.1. The number of nitrogen functional groups attached to an aromatic ring is 1. The van der Waals surface area contributed by atoms with Crippen molar-refractivity contribution in [2.45, 2.75) is 78.9 Å². The first-order chi connectivity index (χ1) is 40.9. The summed E-state index contributed by atoms with van der Waals surface area (Å²) in [6, 6.07) is 35.8. The van der Waals surface area contributed by atoms with Crippen LogP contribution in [0.1, 0.15) is 137 Å². The number of carboxylic acids is 2. The van der Waals surface area contributed by atoms with Crippen molar-refractivity contribution < 1.29 is 53.2 Å². The zero-order valence-electron chi connectivity index (χ0n) is 47.4. The Morgan fingerprint density at radius 3 is 1.22 bits per heavy atom. The number of rotatable bonds is 15. The maximum Gasteiger partial charge on any atom is 0.357 e. The Balaban J connectivity index is 0.000000179. The summed E-state index contributed by atoms with van der Waals surface area (Å²) < 4.78 is 24.8. The van der Waals surface area contributed by atoms with Crippen LogP contribution in [-0.2, 0) is 28.7 Å². The molecular weight excluding hydrogens is 1180 g/mol. The third-order valence-corrected chi connectivity index (χ3v) is 13.1. The summed E-state index contributed by atoms with van der Waals surface area (Å²) in [5, 5.41) is 37.7. The Labute approximate surface area is 509 Å². The fraction of sp³-hybridized carbons (Fsp3) is 0.200. The SMILES string of the molecule is CC(C)(C)OC(=O)c1ccc(CC(=O)c2csnn2)cc1.CC(C)(C)OC(=O)c1ccc(N)cc1.Cc1cccc(-c2cnc(-c3ccc(CC(=O)c4csnn4)cc3)[nH]2)c1.O=C(O)c1ccc(CC(=O)c2csnn2)cc1.O=C(O)c1csnn1. The number of hydrogen-bond donors (Lipinski definition) is 4. The highest BCUT2D eigenvalue weighted by atomic mass is 32.1. The number of ether oxygens (including phenoxy) is 2. The highest BCUT2D eigenvalue weighted by Crippen LogP contribution is 2.24. The number of ketones is 3. The van der Waals surface area contributed by atoms with E-state index in [-0.39, 0.29) is 53.4 Å². The Kier molecular flexibility index (Phi) is 23.7. The summed E-state index contributed by atoms with van der Waals surface area (Å²) in [4.78, 5) is 87.5. The van der Waals surface area contributed by atoms with Gasteiger partial charge in [0.15, 0.2) is 23.0 Å². The first-order valence-corrected chi connectivity index (χ1v) is 29.1. The zero-order valence-corrected chi connectivity index (χ0v) is 50.6. The van der Waals surface area contributed by atoms with Crippen molar-refractivity contribution in [3.63, 3.8) is 0 Å². The molecule has 442 valence electrons. The number of hydrogen-bond acceptors (Lipinski definition) is 23. The average Bonchev–Trinajstić information content (AvgIpc) is 3.31. The van der Waals surface area contributed by atoms with Crippen LogP contribution in [0.25, 0.3) is 22.6 Å². The Morgan fingerprint density at radius 2 is 0.872 bits per heavy atom. The van der Waals surface area contributed by atoms with Gasteiger partial charge in [0, 0.05) is 52.0 Å². The second kappa shape index (κ2) is 31.2. The molecule has 0 spiro atoms. The van der Waals surface area contributed by atoms with Crippen LogP contribution in [0.5, 0.6) is 0 Å². The number of nitrogens with zero attached hydrogens (tertiary/aromatic N) is 9. The molecule has 10 rings (SSSR count). The standard InChI is InChI=1S/C20H16N4OS.C15H16N2O3S.C11H8N2O3S.C11H15NO2.C3H2N2O2S/c1-13-3-2-4-16(9-13)17-11-21-20(22-17)15-7-5-14(6-8-15)10-19(25)18-12-26-24-23-18;1-15(2,3)20-14(19)11-6-4-10(5-7-11)8-13(18)12-9-21-17-16-12;14-10(9-6-17-13-12-9)5-7-1-3-8(4-2-7)11(15)16;1-11(2,3)14-10(13)8-4-6-9(12)7-5-8;6-3(7)2-1-8-5-4-2/h2-9,11-12H,10H2,1H3,(H,21,22);4-7,9H,8H2,1-3H3;1-4,6H,5H2,(H,15,16);4-7H,12H2,1-3H3;1H,(H,6,7). The molecule has 0 unspecified atom stereocenters. The molecular formula is C60H57N11O11S4. The molecule has 22 nitrogen and oxygen atoms in total. The molecule has 0 fully saturated rings. The van der Waals surface area contributed by atoms with Crippen molar-refractivity contribution in [2.24, 2.45) is 0 Å². The molecule has 5 N–H and O–H groups in total. The van der Waals surface area contributed by atoms with Gasteiger partial charge in [-0.3, -0.25) is 14.4 Å². The Bertz CT molecular complexity index is 3810. The van der Waals surface area contributed by atoms with Gasteiger partial charge in [-0.1, -0.05) is 90.2 Å². The summed E-state index contributed by atoms with van der Waals surface area (Å²) in [6.45, 7) is 13.0. The molecule has 0 bridgehead atoms. The van der Waals surface area contributed by atoms with Gasteiger partial charge in [-0.05, 0) is 171 Å². The lowest BCUT2D eigenvalue weighted by molar-refractivity contribution is 0.00570. The minimum atomic E-state index is -1.03. The Morgan fingerprint density at radius 1 is 0.488 bits per heavy atom. The second-order valence-electron chi connectivity index (χ2n) is 20.3. The van der Waals surface area contributed by atoms with Gasteiger partial charge in [0.05, 0.1) is 28.6 Å². The average molecular weight is 1240 g/mol. The van der Waals surface area contributed by atoms with Gasteiger partial charge < -0.3 is 30.4 Å². The summed E-state index contributed by atoms with van der Waals surface area (Å²) in [6.07, 6.45) is 2.60. The van der Waals surface area contributed by atoms with Crippen LogP contribution in [0.2, 0.25) is 0 Å². The van der Waals surface area contributed by atoms with Crippen LogP contribution >= 0.6 is 46.1 Å². The summed E-state index contributed by atoms with van der Waals surface area (Å²) in [7, 11) is 0. The minimum absolute atomic E-state index is 0.00926. The van der Waals surface area contributed by atoms with Crippen molar-refractivity contribution >= 4 is 93.0 Å². The predicted octanol–water partition coefficient (Wildman–Crippen LogP) is 11.4. The van der Waals surface area contributed by atoms with Crippen LogP contribution in [0.3, 0.4) is 0 Å². The van der Waals surface area contributed by atoms with E-state index in [1.807, 2.05) is 78.1 Å². The van der Waals surface area contributed by atoms with Crippen molar-refractivity contribution in [1.82, 2.24) is 48.3 Å². The number of nitrogens with two attached hydrogens (primary N) is 1. The number of aromatic amines is 1. The predicted molar refractivity (Wildman–Crippen MR) is 326 cm³/mol. The number of Topliss-reactive ketones (excluding diaryl/α,β-unsaturated/α-hetero) is 3. The first-order valence-electron chi connectivity index (χ1n) is 25.8. The van der Waals surface area contributed by atoms with E-state index in [4.69, 9.17) is 25.4 Å². The molecule has 0 aliphatic carbocycles. The van der Waals surface area contributed by atoms with E-state index in [0.717, 1.165) is 73.9 Å². The number of nitrogens with one attached hydrogen (secondary N) is 1. The van der Waals surface area contributed by atoms with E-state index < -0.39 is 23.1 Å². The van der Waals surface area contributed by atoms with Gasteiger partial charge in [-0.2, -0.15) is 0 Å². The molecule has 10 aromatic rings. The van der Waals surface area contributed by atoms with Crippen molar-refractivity contribution in [3.05, 3.63) is 211 Å². The van der Waals surface area contributed by atoms with Gasteiger partial charge in [0.2, 0.25) is 0 Å². The highest BCUT2D eigenvalue weighted by Gasteiger charge is 2.20. The molecule has 0 aliphatic heterocycles. The van der Waals surface area contributed by atoms with Crippen LogP contribution in [-0.4, -0.2) is 111 Å². The molecule has 0 atom stereocenters. The van der Waals surface area contributed by atoms with Crippen LogP contribution in [0, 0.1) is 6.92 Å². The Hall–Kier alpha value is -9.76. The number of benzene rings is 5. The number of carboxylic acid groups (broad SMARTS) is 2. The molecule has 0 saturated heterocycles. The number of imidazole rings is 1. The molecule has 5 aromatic carbocycles. The molecule has 86 heavy (non-hydrogen) atoms. The number of esters is 2. The quantitative estimate of drug-likeness (QED) is 0.0421. The topological polar surface area (TPSA) is 336 Å². The van der Waals surface area contributed by atoms with Crippen LogP contribution in [0.15, 0.2) is 149 Å². The van der Waals surface area contributed by atoms with Gasteiger partial charge in [0.25, 0.3) is 0 Å². The molecule has 0 aliphatic rings. The van der Waals surface area contributed by atoms with E-state index in [1.165, 1.54) is 34.6 Å². The second-order valence-corrected chi connectivity index (χ2v) is 22.7. The molecule has 0 radical (unpaired) electrons. The van der Waals surface area contributed by atoms with Crippen molar-refractivity contribution in [3.8, 4) is 22.6 Å². The molecule has 26 heteroatoms. The zero-order chi connectivity index (χ0) is 62.4. The molecule has 0 amide bonds. The minimum Gasteiger partial charge on any atom is -0.478 e. The number of aromatic nitrogens is 10. The van der Waals surface area contributed by atoms with Crippen LogP contribution < -0.4 is 5.73 Å². The fourth-order valence-corrected chi connectivity index (χ4v) is 8.78. The monoisotopic (exact) mass is 1240 g/mol. The highest BCUT2D eigenvalue weighted by molar-refractivity contribution is 7.04. The third-order valence-electron chi connectivity index (χ3n) is 11.1. The fourth-order valence-electron chi connectivity index (χ4n) is 6.97. The maximum atomic E-state index is 12.1. The largest absolute Gasteiger partial charge is 0.478 e. The van der Waals surface area contributed by atoms with E-state index in [2.05, 4.69) is 73.4 Å². The van der Waals surface area contributed by atoms with E-state index >= 15 is 0 Å². The number of carbonyl (C=O) groups excluding carboxylic acids is 5. The number of carbonyl (C=O) groups is 7. The summed E-state index contributed by atoms with van der Waals surface area (Å²) >= 11 is 4.48. The van der Waals surface area contributed by atoms with E-state index in [0.29, 0.717) is 40.3 Å². The van der Waals surface area contributed by atoms with Crippen molar-refractivity contribution in [1.29, 1.82) is 0 Å². The molecule has 5 heterocycles. The molecule has 0 saturated carbocycles. The summed E-state index contributed by atoms with van der Waals surface area (Å²) in [5.74, 6) is -2.13. The van der Waals surface area contributed by atoms with Crippen LogP contribution in [0.4, 0.5) is 5.69 Å². The van der Waals surface area contributed by atoms with E-state index in [1.54, 1.807) is 76.8 Å². The smallest absolute Gasteiger partial charge is 0.357 e. The van der Waals surface area contributed by atoms with E-state index in [9.17, 15) is 33.6 Å². The normalized spacial score (nSPS) is 10.6. The number of aryl methyl sites for hydroxylation is 1. The lowest BCUT2D eigenvalue weighted by atomic mass is 10.1. The lowest BCUT2D eigenvalue weighted by Gasteiger charge is -2.19. The van der Waals surface area contributed by atoms with Crippen molar-refractivity contribution in [2.75, 3.05) is 5.73 Å². The molecule has 5 aromatic heterocycles. The lowest BCUT2D eigenvalue weighted by Crippen LogP contribution is -2.23. The van der Waals surface area contributed by atoms with Gasteiger partial charge in [0.1, 0.15) is 34.1 Å². The number of aromatic carboxylic acids is 2. The third kappa shape index (κ3) is 21.8. The summed E-state index contributed by atoms with van der Waals surface area (Å²) in [5.41, 5.74) is 14.3.